The van der Waals surface area contributed by atoms with E-state index in [0.717, 1.165) is 30.2 Å². The lowest BCUT2D eigenvalue weighted by Gasteiger charge is -2.05. The van der Waals surface area contributed by atoms with Crippen LogP contribution in [0.25, 0.3) is 10.9 Å². The molecule has 3 rings (SSSR count). The number of benzene rings is 2. The summed E-state index contributed by atoms with van der Waals surface area (Å²) in [6.45, 7) is 2.79. The van der Waals surface area contributed by atoms with Crippen LogP contribution in [-0.4, -0.2) is 20.7 Å². The third-order valence-corrected chi connectivity index (χ3v) is 4.28. The second-order valence-electron chi connectivity index (χ2n) is 6.07. The lowest BCUT2D eigenvalue weighted by atomic mass is 10.2. The summed E-state index contributed by atoms with van der Waals surface area (Å²) in [5, 5.41) is 28.8. The lowest BCUT2D eigenvalue weighted by molar-refractivity contribution is 0.0992. The maximum absolute atomic E-state index is 12.2. The quantitative estimate of drug-likeness (QED) is 0.474. The summed E-state index contributed by atoms with van der Waals surface area (Å²) in [5.41, 5.74) is 1.19. The summed E-state index contributed by atoms with van der Waals surface area (Å²) in [5.74, 6) is -0.816. The number of carbonyl (C=O) groups excluding carboxylic acids is 1. The van der Waals surface area contributed by atoms with Crippen LogP contribution in [0.15, 0.2) is 58.8 Å². The number of aromatic hydroxyl groups is 2. The summed E-state index contributed by atoms with van der Waals surface area (Å²) in [6.07, 6.45) is 3.09. The number of aromatic nitrogens is 1. The molecular formula is C20H21N3O3. The fraction of sp³-hybridized carbons (Fsp3) is 0.250. The van der Waals surface area contributed by atoms with E-state index in [9.17, 15) is 15.0 Å². The minimum absolute atomic E-state index is 0.00358. The van der Waals surface area contributed by atoms with Gasteiger partial charge in [-0.3, -0.25) is 4.79 Å². The highest BCUT2D eigenvalue weighted by molar-refractivity contribution is 5.98. The lowest BCUT2D eigenvalue weighted by Crippen LogP contribution is -1.96. The number of hydrogen-bond donors (Lipinski definition) is 2. The van der Waals surface area contributed by atoms with Crippen molar-refractivity contribution in [3.05, 3.63) is 54.1 Å². The molecule has 2 N–H and O–H groups in total. The smallest absolute Gasteiger partial charge is 0.299 e. The molecule has 1 aromatic heterocycles. The number of hydrogen-bond acceptors (Lipinski definition) is 4. The van der Waals surface area contributed by atoms with Gasteiger partial charge in [-0.2, -0.15) is 0 Å². The van der Waals surface area contributed by atoms with Crippen LogP contribution in [0, 0.1) is 0 Å². The van der Waals surface area contributed by atoms with Crippen molar-refractivity contribution in [2.24, 2.45) is 10.2 Å². The molecule has 0 saturated heterocycles. The SMILES string of the molecule is CCCCCn1c(O)c(N=NC(=O)c2ccccc2O)c2ccccc21. The largest absolute Gasteiger partial charge is 0.507 e. The van der Waals surface area contributed by atoms with Crippen LogP contribution in [0.4, 0.5) is 5.69 Å². The minimum atomic E-state index is -0.662. The highest BCUT2D eigenvalue weighted by atomic mass is 16.3. The van der Waals surface area contributed by atoms with Gasteiger partial charge in [0, 0.05) is 11.9 Å². The number of para-hydroxylation sites is 2. The van der Waals surface area contributed by atoms with Gasteiger partial charge in [-0.25, -0.2) is 0 Å². The van der Waals surface area contributed by atoms with Gasteiger partial charge < -0.3 is 14.8 Å². The van der Waals surface area contributed by atoms with Crippen LogP contribution >= 0.6 is 0 Å². The van der Waals surface area contributed by atoms with Crippen LogP contribution in [0.2, 0.25) is 0 Å². The van der Waals surface area contributed by atoms with E-state index in [4.69, 9.17) is 0 Å². The third kappa shape index (κ3) is 3.44. The zero-order chi connectivity index (χ0) is 18.5. The Hall–Kier alpha value is -3.15. The molecule has 0 spiro atoms. The van der Waals surface area contributed by atoms with E-state index in [1.807, 2.05) is 24.3 Å². The Balaban J connectivity index is 1.96. The molecule has 134 valence electrons. The fourth-order valence-corrected chi connectivity index (χ4v) is 2.92. The zero-order valence-corrected chi connectivity index (χ0v) is 14.6. The van der Waals surface area contributed by atoms with Crippen LogP contribution in [0.3, 0.4) is 0 Å². The number of nitrogens with zero attached hydrogens (tertiary/aromatic N) is 3. The van der Waals surface area contributed by atoms with Gasteiger partial charge in [0.15, 0.2) is 5.69 Å². The van der Waals surface area contributed by atoms with E-state index < -0.39 is 5.91 Å². The molecule has 3 aromatic rings. The monoisotopic (exact) mass is 351 g/mol. The van der Waals surface area contributed by atoms with E-state index in [0.29, 0.717) is 6.54 Å². The molecular weight excluding hydrogens is 330 g/mol. The van der Waals surface area contributed by atoms with Crippen molar-refractivity contribution in [2.75, 3.05) is 0 Å². The van der Waals surface area contributed by atoms with E-state index >= 15 is 0 Å². The number of aryl methyl sites for hydroxylation is 1. The second-order valence-corrected chi connectivity index (χ2v) is 6.07. The highest BCUT2D eigenvalue weighted by Crippen LogP contribution is 2.39. The first-order chi connectivity index (χ1) is 12.6. The Morgan fingerprint density at radius 3 is 2.54 bits per heavy atom. The Labute approximate surface area is 151 Å². The predicted octanol–water partition coefficient (Wildman–Crippen LogP) is 5.17. The molecule has 0 aliphatic carbocycles. The Kier molecular flexibility index (Phi) is 5.31. The zero-order valence-electron chi connectivity index (χ0n) is 14.6. The first kappa shape index (κ1) is 17.7. The standard InChI is InChI=1S/C20H21N3O3/c1-2-3-8-13-23-16-11-6-4-9-14(16)18(20(23)26)21-22-19(25)15-10-5-7-12-17(15)24/h4-7,9-12,24,26H,2-3,8,13H2,1H3. The van der Waals surface area contributed by atoms with Crippen molar-refractivity contribution in [3.8, 4) is 11.6 Å². The molecule has 6 nitrogen and oxygen atoms in total. The number of phenolic OH excluding ortho intramolecular Hbond substituents is 1. The summed E-state index contributed by atoms with van der Waals surface area (Å²) >= 11 is 0. The van der Waals surface area contributed by atoms with Gasteiger partial charge in [0.25, 0.3) is 5.91 Å². The molecule has 0 unspecified atom stereocenters. The molecule has 0 bridgehead atoms. The van der Waals surface area contributed by atoms with E-state index in [1.54, 1.807) is 16.7 Å². The summed E-state index contributed by atoms with van der Waals surface area (Å²) < 4.78 is 1.80. The van der Waals surface area contributed by atoms with Crippen molar-refractivity contribution < 1.29 is 15.0 Å². The molecule has 0 saturated carbocycles. The van der Waals surface area contributed by atoms with E-state index in [-0.39, 0.29) is 22.9 Å². The molecule has 0 fully saturated rings. The average Bonchev–Trinajstić information content (AvgIpc) is 2.92. The first-order valence-electron chi connectivity index (χ1n) is 8.67. The van der Waals surface area contributed by atoms with Gasteiger partial charge in [-0.15, -0.1) is 10.2 Å². The number of carbonyl (C=O) groups is 1. The third-order valence-electron chi connectivity index (χ3n) is 4.28. The van der Waals surface area contributed by atoms with Crippen molar-refractivity contribution in [2.45, 2.75) is 32.7 Å². The molecule has 0 atom stereocenters. The number of rotatable bonds is 6. The van der Waals surface area contributed by atoms with Gasteiger partial charge in [0.1, 0.15) is 5.75 Å². The summed E-state index contributed by atoms with van der Waals surface area (Å²) in [6, 6.07) is 13.6. The van der Waals surface area contributed by atoms with Crippen LogP contribution in [-0.2, 0) is 6.54 Å². The Bertz CT molecular complexity index is 960. The topological polar surface area (TPSA) is 87.2 Å². The van der Waals surface area contributed by atoms with Crippen molar-refractivity contribution in [1.82, 2.24) is 4.57 Å². The number of amides is 1. The molecule has 26 heavy (non-hydrogen) atoms. The minimum Gasteiger partial charge on any atom is -0.507 e. The average molecular weight is 351 g/mol. The number of unbranched alkanes of at least 4 members (excludes halogenated alkanes) is 2. The predicted molar refractivity (Wildman–Crippen MR) is 100 cm³/mol. The van der Waals surface area contributed by atoms with Gasteiger partial charge in [0.05, 0.1) is 11.1 Å². The second kappa shape index (κ2) is 7.82. The number of fused-ring (bicyclic) bond motifs is 1. The number of azo groups is 1. The molecule has 2 aromatic carbocycles. The van der Waals surface area contributed by atoms with Gasteiger partial charge >= 0.3 is 0 Å². The maximum Gasteiger partial charge on any atom is 0.299 e. The van der Waals surface area contributed by atoms with Gasteiger partial charge in [-0.1, -0.05) is 50.1 Å². The van der Waals surface area contributed by atoms with Gasteiger partial charge in [-0.05, 0) is 24.6 Å². The fourth-order valence-electron chi connectivity index (χ4n) is 2.92. The normalized spacial score (nSPS) is 11.4. The molecule has 0 radical (unpaired) electrons. The first-order valence-corrected chi connectivity index (χ1v) is 8.67. The highest BCUT2D eigenvalue weighted by Gasteiger charge is 2.17. The van der Waals surface area contributed by atoms with E-state index in [2.05, 4.69) is 17.2 Å². The van der Waals surface area contributed by atoms with Crippen molar-refractivity contribution in [1.29, 1.82) is 0 Å². The molecule has 0 aliphatic heterocycles. The summed E-state index contributed by atoms with van der Waals surface area (Å²) in [4.78, 5) is 12.2. The van der Waals surface area contributed by atoms with Crippen molar-refractivity contribution in [3.63, 3.8) is 0 Å². The van der Waals surface area contributed by atoms with E-state index in [1.165, 1.54) is 12.1 Å². The molecule has 1 amide bonds. The molecule has 0 aliphatic rings. The maximum atomic E-state index is 12.2. The van der Waals surface area contributed by atoms with Crippen LogP contribution in [0.5, 0.6) is 11.6 Å². The molecule has 1 heterocycles. The Morgan fingerprint density at radius 1 is 1.04 bits per heavy atom. The van der Waals surface area contributed by atoms with Gasteiger partial charge in [0.2, 0.25) is 5.88 Å². The summed E-state index contributed by atoms with van der Waals surface area (Å²) in [7, 11) is 0. The van der Waals surface area contributed by atoms with Crippen LogP contribution in [0.1, 0.15) is 36.5 Å². The number of phenols is 1. The molecule has 6 heteroatoms. The van der Waals surface area contributed by atoms with Crippen LogP contribution < -0.4 is 0 Å². The Morgan fingerprint density at radius 2 is 1.77 bits per heavy atom. The van der Waals surface area contributed by atoms with Crippen molar-refractivity contribution >= 4 is 22.5 Å².